The van der Waals surface area contributed by atoms with E-state index in [2.05, 4.69) is 63.5 Å². The number of hydrogen-bond donors (Lipinski definition) is 1. The molecule has 1 aromatic carbocycles. The van der Waals surface area contributed by atoms with E-state index >= 15 is 0 Å². The third kappa shape index (κ3) is 2.88. The van der Waals surface area contributed by atoms with Crippen LogP contribution in [0.5, 0.6) is 0 Å². The molecule has 1 heterocycles. The van der Waals surface area contributed by atoms with Crippen LogP contribution in [0.25, 0.3) is 0 Å². The molecule has 1 unspecified atom stereocenters. The average Bonchev–Trinajstić information content (AvgIpc) is 2.42. The van der Waals surface area contributed by atoms with Crippen molar-refractivity contribution in [3.05, 3.63) is 57.3 Å². The van der Waals surface area contributed by atoms with Gasteiger partial charge in [-0.25, -0.2) is 0 Å². The Morgan fingerprint density at radius 1 is 1.15 bits per heavy atom. The Bertz CT molecular complexity index is 637. The van der Waals surface area contributed by atoms with E-state index in [1.165, 1.54) is 27.7 Å². The van der Waals surface area contributed by atoms with Gasteiger partial charge in [-0.2, -0.15) is 0 Å². The van der Waals surface area contributed by atoms with Crippen LogP contribution in [0.3, 0.4) is 0 Å². The standard InChI is InChI=1S/C17H19BrN2/c1-11-3-8-17(12(2)19-11)20-16-7-5-13-9-15(18)6-4-14(13)10-16/h3-4,6,8-9,16,20H,5,7,10H2,1-2H3. The second kappa shape index (κ2) is 5.57. The van der Waals surface area contributed by atoms with Gasteiger partial charge in [0.15, 0.2) is 0 Å². The van der Waals surface area contributed by atoms with Gasteiger partial charge in [-0.3, -0.25) is 4.98 Å². The summed E-state index contributed by atoms with van der Waals surface area (Å²) in [5.74, 6) is 0. The van der Waals surface area contributed by atoms with E-state index in [0.717, 1.165) is 24.2 Å². The molecule has 0 saturated carbocycles. The Kier molecular flexibility index (Phi) is 3.79. The second-order valence-corrected chi connectivity index (χ2v) is 6.50. The van der Waals surface area contributed by atoms with Crippen LogP contribution in [0.1, 0.15) is 28.9 Å². The third-order valence-corrected chi connectivity index (χ3v) is 4.47. The lowest BCUT2D eigenvalue weighted by atomic mass is 9.88. The lowest BCUT2D eigenvalue weighted by Gasteiger charge is -2.27. The summed E-state index contributed by atoms with van der Waals surface area (Å²) in [4.78, 5) is 4.53. The van der Waals surface area contributed by atoms with E-state index in [9.17, 15) is 0 Å². The molecular weight excluding hydrogens is 312 g/mol. The van der Waals surface area contributed by atoms with Crippen molar-refractivity contribution in [2.75, 3.05) is 5.32 Å². The van der Waals surface area contributed by atoms with Crippen molar-refractivity contribution in [3.8, 4) is 0 Å². The average molecular weight is 331 g/mol. The number of halogens is 1. The normalized spacial score (nSPS) is 17.6. The number of anilines is 1. The Morgan fingerprint density at radius 2 is 2.00 bits per heavy atom. The van der Waals surface area contributed by atoms with Crippen molar-refractivity contribution in [1.82, 2.24) is 4.98 Å². The lowest BCUT2D eigenvalue weighted by Crippen LogP contribution is -2.27. The fraction of sp³-hybridized carbons (Fsp3) is 0.353. The van der Waals surface area contributed by atoms with E-state index in [4.69, 9.17) is 0 Å². The van der Waals surface area contributed by atoms with Gasteiger partial charge in [-0.15, -0.1) is 0 Å². The van der Waals surface area contributed by atoms with Gasteiger partial charge in [0.25, 0.3) is 0 Å². The van der Waals surface area contributed by atoms with E-state index in [1.54, 1.807) is 0 Å². The number of nitrogens with zero attached hydrogens (tertiary/aromatic N) is 1. The summed E-state index contributed by atoms with van der Waals surface area (Å²) in [6.07, 6.45) is 3.41. The Hall–Kier alpha value is -1.35. The van der Waals surface area contributed by atoms with Crippen LogP contribution in [0.15, 0.2) is 34.8 Å². The van der Waals surface area contributed by atoms with Gasteiger partial charge in [0.1, 0.15) is 0 Å². The summed E-state index contributed by atoms with van der Waals surface area (Å²) in [5.41, 5.74) is 6.28. The van der Waals surface area contributed by atoms with E-state index in [1.807, 2.05) is 6.92 Å². The monoisotopic (exact) mass is 330 g/mol. The molecule has 20 heavy (non-hydrogen) atoms. The molecule has 2 nitrogen and oxygen atoms in total. The smallest absolute Gasteiger partial charge is 0.0606 e. The molecule has 0 aliphatic heterocycles. The minimum atomic E-state index is 0.506. The molecule has 1 atom stereocenters. The van der Waals surface area contributed by atoms with Gasteiger partial charge in [0.2, 0.25) is 0 Å². The zero-order chi connectivity index (χ0) is 14.1. The molecular formula is C17H19BrN2. The fourth-order valence-corrected chi connectivity index (χ4v) is 3.31. The molecule has 3 heteroatoms. The molecule has 0 amide bonds. The molecule has 0 saturated heterocycles. The lowest BCUT2D eigenvalue weighted by molar-refractivity contribution is 0.610. The number of hydrogen-bond acceptors (Lipinski definition) is 2. The molecule has 0 fully saturated rings. The van der Waals surface area contributed by atoms with E-state index in [0.29, 0.717) is 6.04 Å². The highest BCUT2D eigenvalue weighted by Crippen LogP contribution is 2.27. The van der Waals surface area contributed by atoms with Crippen molar-refractivity contribution in [3.63, 3.8) is 0 Å². The summed E-state index contributed by atoms with van der Waals surface area (Å²) in [5, 5.41) is 3.66. The van der Waals surface area contributed by atoms with Crippen LogP contribution < -0.4 is 5.32 Å². The maximum atomic E-state index is 4.53. The molecule has 0 spiro atoms. The summed E-state index contributed by atoms with van der Waals surface area (Å²) < 4.78 is 1.18. The SMILES string of the molecule is Cc1ccc(NC2CCc3cc(Br)ccc3C2)c(C)n1. The zero-order valence-corrected chi connectivity index (χ0v) is 13.5. The van der Waals surface area contributed by atoms with Gasteiger partial charge < -0.3 is 5.32 Å². The number of fused-ring (bicyclic) bond motifs is 1. The Labute approximate surface area is 128 Å². The maximum Gasteiger partial charge on any atom is 0.0606 e. The molecule has 0 bridgehead atoms. The zero-order valence-electron chi connectivity index (χ0n) is 11.9. The second-order valence-electron chi connectivity index (χ2n) is 5.58. The highest BCUT2D eigenvalue weighted by atomic mass is 79.9. The maximum absolute atomic E-state index is 4.53. The van der Waals surface area contributed by atoms with Crippen molar-refractivity contribution in [2.24, 2.45) is 0 Å². The summed E-state index contributed by atoms with van der Waals surface area (Å²) >= 11 is 3.55. The van der Waals surface area contributed by atoms with Gasteiger partial charge in [0, 0.05) is 16.2 Å². The van der Waals surface area contributed by atoms with Crippen LogP contribution in [0.4, 0.5) is 5.69 Å². The third-order valence-electron chi connectivity index (χ3n) is 3.98. The van der Waals surface area contributed by atoms with Gasteiger partial charge in [-0.1, -0.05) is 22.0 Å². The van der Waals surface area contributed by atoms with Gasteiger partial charge in [0.05, 0.1) is 11.4 Å². The first kappa shape index (κ1) is 13.6. The van der Waals surface area contributed by atoms with Crippen LogP contribution in [0, 0.1) is 13.8 Å². The molecule has 2 aromatic rings. The molecule has 0 radical (unpaired) electrons. The number of rotatable bonds is 2. The number of aryl methyl sites for hydroxylation is 3. The number of benzene rings is 1. The van der Waals surface area contributed by atoms with Gasteiger partial charge >= 0.3 is 0 Å². The predicted molar refractivity (Wildman–Crippen MR) is 87.3 cm³/mol. The molecule has 104 valence electrons. The number of pyridine rings is 1. The predicted octanol–water partition coefficient (Wildman–Crippen LogP) is 4.43. The fourth-order valence-electron chi connectivity index (χ4n) is 2.91. The highest BCUT2D eigenvalue weighted by Gasteiger charge is 2.19. The Morgan fingerprint density at radius 3 is 2.80 bits per heavy atom. The van der Waals surface area contributed by atoms with E-state index < -0.39 is 0 Å². The molecule has 1 aliphatic carbocycles. The minimum absolute atomic E-state index is 0.506. The van der Waals surface area contributed by atoms with Crippen molar-refractivity contribution >= 4 is 21.6 Å². The van der Waals surface area contributed by atoms with Crippen LogP contribution in [-0.4, -0.2) is 11.0 Å². The summed E-state index contributed by atoms with van der Waals surface area (Å²) in [6.45, 7) is 4.11. The van der Waals surface area contributed by atoms with Gasteiger partial charge in [-0.05, 0) is 68.5 Å². The summed E-state index contributed by atoms with van der Waals surface area (Å²) in [6, 6.07) is 11.4. The first-order valence-corrected chi connectivity index (χ1v) is 7.89. The minimum Gasteiger partial charge on any atom is -0.381 e. The highest BCUT2D eigenvalue weighted by molar-refractivity contribution is 9.10. The Balaban J connectivity index is 1.75. The first-order valence-electron chi connectivity index (χ1n) is 7.10. The molecule has 1 N–H and O–H groups in total. The van der Waals surface area contributed by atoms with Crippen LogP contribution in [-0.2, 0) is 12.8 Å². The van der Waals surface area contributed by atoms with Crippen molar-refractivity contribution in [2.45, 2.75) is 39.2 Å². The first-order chi connectivity index (χ1) is 9.61. The molecule has 1 aliphatic rings. The summed E-state index contributed by atoms with van der Waals surface area (Å²) in [7, 11) is 0. The van der Waals surface area contributed by atoms with Crippen molar-refractivity contribution in [1.29, 1.82) is 0 Å². The van der Waals surface area contributed by atoms with Crippen LogP contribution in [0.2, 0.25) is 0 Å². The molecule has 1 aromatic heterocycles. The molecule has 3 rings (SSSR count). The van der Waals surface area contributed by atoms with E-state index in [-0.39, 0.29) is 0 Å². The largest absolute Gasteiger partial charge is 0.381 e. The van der Waals surface area contributed by atoms with Crippen LogP contribution >= 0.6 is 15.9 Å². The quantitative estimate of drug-likeness (QED) is 0.880. The number of aromatic nitrogens is 1. The number of nitrogens with one attached hydrogen (secondary N) is 1. The van der Waals surface area contributed by atoms with Crippen molar-refractivity contribution < 1.29 is 0 Å². The topological polar surface area (TPSA) is 24.9 Å².